The van der Waals surface area contributed by atoms with Gasteiger partial charge in [0.1, 0.15) is 11.7 Å². The maximum atomic E-state index is 13.1. The second-order valence-corrected chi connectivity index (χ2v) is 8.15. The molecule has 0 spiro atoms. The van der Waals surface area contributed by atoms with E-state index in [-0.39, 0.29) is 23.1 Å². The molecule has 1 saturated carbocycles. The van der Waals surface area contributed by atoms with Crippen LogP contribution < -0.4 is 5.32 Å². The van der Waals surface area contributed by atoms with Crippen LogP contribution in [0.4, 0.5) is 0 Å². The van der Waals surface area contributed by atoms with Crippen LogP contribution in [0, 0.1) is 17.3 Å². The van der Waals surface area contributed by atoms with Crippen LogP contribution in [0.15, 0.2) is 24.4 Å². The van der Waals surface area contributed by atoms with E-state index in [1.54, 1.807) is 24.4 Å². The van der Waals surface area contributed by atoms with Crippen molar-refractivity contribution in [3.8, 4) is 0 Å². The van der Waals surface area contributed by atoms with E-state index in [2.05, 4.69) is 24.1 Å². The van der Waals surface area contributed by atoms with Gasteiger partial charge in [0.2, 0.25) is 5.91 Å². The minimum atomic E-state index is -0.503. The van der Waals surface area contributed by atoms with Gasteiger partial charge in [-0.05, 0) is 36.8 Å². The Kier molecular flexibility index (Phi) is 4.37. The molecule has 5 nitrogen and oxygen atoms in total. The number of hydrogen-bond donors (Lipinski definition) is 1. The van der Waals surface area contributed by atoms with Gasteiger partial charge in [0.25, 0.3) is 5.91 Å². The molecule has 5 heteroatoms. The third-order valence-corrected chi connectivity index (χ3v) is 5.18. The second kappa shape index (κ2) is 6.19. The molecule has 24 heavy (non-hydrogen) atoms. The van der Waals surface area contributed by atoms with Crippen LogP contribution in [0.1, 0.15) is 51.0 Å². The Morgan fingerprint density at radius 3 is 2.50 bits per heavy atom. The van der Waals surface area contributed by atoms with Gasteiger partial charge in [0.15, 0.2) is 0 Å². The van der Waals surface area contributed by atoms with E-state index in [0.717, 1.165) is 6.54 Å². The molecule has 2 fully saturated rings. The number of carbonyl (C=O) groups excluding carboxylic acids is 2. The zero-order chi connectivity index (χ0) is 17.5. The van der Waals surface area contributed by atoms with E-state index >= 15 is 0 Å². The number of pyridine rings is 1. The van der Waals surface area contributed by atoms with Crippen LogP contribution in [0.3, 0.4) is 0 Å². The molecule has 0 radical (unpaired) electrons. The van der Waals surface area contributed by atoms with Gasteiger partial charge in [-0.3, -0.25) is 14.6 Å². The third kappa shape index (κ3) is 3.17. The summed E-state index contributed by atoms with van der Waals surface area (Å²) in [6.07, 6.45) is 4.01. The molecule has 130 valence electrons. The lowest BCUT2D eigenvalue weighted by Gasteiger charge is -2.56. The molecule has 1 aromatic heterocycles. The Labute approximate surface area is 143 Å². The van der Waals surface area contributed by atoms with E-state index in [4.69, 9.17) is 0 Å². The standard InChI is InChI=1S/C19H27N3O2/c1-12(2)15(21-17(23)14-7-5-6-10-20-14)18(24)22-11-19(3,4)16(22)13-8-9-13/h5-7,10,12-13,15-16H,8-9,11H2,1-4H3,(H,21,23). The molecular formula is C19H27N3O2. The molecule has 2 heterocycles. The van der Waals surface area contributed by atoms with E-state index in [1.807, 2.05) is 18.7 Å². The fourth-order valence-electron chi connectivity index (χ4n) is 3.86. The SMILES string of the molecule is CC(C)C(NC(=O)c1ccccn1)C(=O)N1CC(C)(C)C1C1CC1. The zero-order valence-electron chi connectivity index (χ0n) is 15.0. The van der Waals surface area contributed by atoms with Gasteiger partial charge in [0.05, 0.1) is 0 Å². The van der Waals surface area contributed by atoms with Crippen molar-refractivity contribution in [2.75, 3.05) is 6.54 Å². The Balaban J connectivity index is 1.71. The summed E-state index contributed by atoms with van der Waals surface area (Å²) in [6.45, 7) is 9.18. The minimum absolute atomic E-state index is 0.0359. The molecule has 0 bridgehead atoms. The average molecular weight is 329 g/mol. The summed E-state index contributed by atoms with van der Waals surface area (Å²) in [4.78, 5) is 31.5. The number of amides is 2. The number of hydrogen-bond acceptors (Lipinski definition) is 3. The monoisotopic (exact) mass is 329 g/mol. The average Bonchev–Trinajstić information content (AvgIpc) is 3.34. The Morgan fingerprint density at radius 2 is 2.00 bits per heavy atom. The van der Waals surface area contributed by atoms with Crippen molar-refractivity contribution in [2.24, 2.45) is 17.3 Å². The van der Waals surface area contributed by atoms with E-state index in [1.165, 1.54) is 12.8 Å². The Bertz CT molecular complexity index is 623. The maximum absolute atomic E-state index is 13.1. The van der Waals surface area contributed by atoms with Gasteiger partial charge in [-0.2, -0.15) is 0 Å². The number of nitrogens with one attached hydrogen (secondary N) is 1. The number of carbonyl (C=O) groups is 2. The first-order valence-electron chi connectivity index (χ1n) is 8.83. The highest BCUT2D eigenvalue weighted by Gasteiger charge is 2.55. The van der Waals surface area contributed by atoms with Gasteiger partial charge in [-0.1, -0.05) is 33.8 Å². The van der Waals surface area contributed by atoms with Crippen molar-refractivity contribution >= 4 is 11.8 Å². The molecule has 3 rings (SSSR count). The van der Waals surface area contributed by atoms with Crippen molar-refractivity contribution < 1.29 is 9.59 Å². The van der Waals surface area contributed by atoms with Gasteiger partial charge in [-0.15, -0.1) is 0 Å². The molecule has 1 saturated heterocycles. The molecular weight excluding hydrogens is 302 g/mol. The molecule has 1 aliphatic carbocycles. The molecule has 2 unspecified atom stereocenters. The molecule has 0 aromatic carbocycles. The first-order valence-corrected chi connectivity index (χ1v) is 8.83. The second-order valence-electron chi connectivity index (χ2n) is 8.15. The van der Waals surface area contributed by atoms with Crippen molar-refractivity contribution in [1.29, 1.82) is 0 Å². The summed E-state index contributed by atoms with van der Waals surface area (Å²) in [5.41, 5.74) is 0.530. The molecule has 1 N–H and O–H groups in total. The quantitative estimate of drug-likeness (QED) is 0.903. The summed E-state index contributed by atoms with van der Waals surface area (Å²) in [5, 5.41) is 2.90. The van der Waals surface area contributed by atoms with E-state index in [9.17, 15) is 9.59 Å². The normalized spacial score (nSPS) is 23.5. The van der Waals surface area contributed by atoms with Crippen molar-refractivity contribution in [2.45, 2.75) is 52.6 Å². The Morgan fingerprint density at radius 1 is 1.29 bits per heavy atom. The number of aromatic nitrogens is 1. The van der Waals surface area contributed by atoms with Crippen molar-refractivity contribution in [1.82, 2.24) is 15.2 Å². The van der Waals surface area contributed by atoms with Gasteiger partial charge < -0.3 is 10.2 Å². The van der Waals surface area contributed by atoms with Crippen molar-refractivity contribution in [3.63, 3.8) is 0 Å². The van der Waals surface area contributed by atoms with Crippen LogP contribution in [0.25, 0.3) is 0 Å². The van der Waals surface area contributed by atoms with E-state index < -0.39 is 6.04 Å². The van der Waals surface area contributed by atoms with Crippen LogP contribution in [-0.4, -0.2) is 40.3 Å². The third-order valence-electron chi connectivity index (χ3n) is 5.18. The largest absolute Gasteiger partial charge is 0.339 e. The van der Waals surface area contributed by atoms with Crippen LogP contribution >= 0.6 is 0 Å². The summed E-state index contributed by atoms with van der Waals surface area (Å²) >= 11 is 0. The molecule has 2 aliphatic rings. The summed E-state index contributed by atoms with van der Waals surface area (Å²) < 4.78 is 0. The lowest BCUT2D eigenvalue weighted by molar-refractivity contribution is -0.156. The highest BCUT2D eigenvalue weighted by Crippen LogP contribution is 2.50. The van der Waals surface area contributed by atoms with Gasteiger partial charge >= 0.3 is 0 Å². The highest BCUT2D eigenvalue weighted by molar-refractivity contribution is 5.96. The minimum Gasteiger partial charge on any atom is -0.339 e. The number of likely N-dealkylation sites (tertiary alicyclic amines) is 1. The van der Waals surface area contributed by atoms with Crippen LogP contribution in [0.5, 0.6) is 0 Å². The van der Waals surface area contributed by atoms with Gasteiger partial charge in [-0.25, -0.2) is 0 Å². The first kappa shape index (κ1) is 16.9. The first-order chi connectivity index (χ1) is 11.3. The topological polar surface area (TPSA) is 62.3 Å². The lowest BCUT2D eigenvalue weighted by atomic mass is 9.72. The lowest BCUT2D eigenvalue weighted by Crippen LogP contribution is -2.68. The van der Waals surface area contributed by atoms with Crippen molar-refractivity contribution in [3.05, 3.63) is 30.1 Å². The van der Waals surface area contributed by atoms with E-state index in [0.29, 0.717) is 17.7 Å². The molecule has 1 aromatic rings. The van der Waals surface area contributed by atoms with Crippen LogP contribution in [-0.2, 0) is 4.79 Å². The predicted molar refractivity (Wildman–Crippen MR) is 92.3 cm³/mol. The fraction of sp³-hybridized carbons (Fsp3) is 0.632. The number of rotatable bonds is 5. The summed E-state index contributed by atoms with van der Waals surface area (Å²) in [5.74, 6) is 0.432. The summed E-state index contributed by atoms with van der Waals surface area (Å²) in [7, 11) is 0. The maximum Gasteiger partial charge on any atom is 0.270 e. The molecule has 2 atom stereocenters. The number of nitrogens with zero attached hydrogens (tertiary/aromatic N) is 2. The molecule has 2 amide bonds. The highest BCUT2D eigenvalue weighted by atomic mass is 16.2. The molecule has 1 aliphatic heterocycles. The Hall–Kier alpha value is -1.91. The predicted octanol–water partition coefficient (Wildman–Crippen LogP) is 2.48. The van der Waals surface area contributed by atoms with Crippen LogP contribution in [0.2, 0.25) is 0 Å². The smallest absolute Gasteiger partial charge is 0.270 e. The van der Waals surface area contributed by atoms with Gasteiger partial charge in [0, 0.05) is 24.2 Å². The zero-order valence-corrected chi connectivity index (χ0v) is 15.0. The fourth-order valence-corrected chi connectivity index (χ4v) is 3.86. The summed E-state index contributed by atoms with van der Waals surface area (Å²) in [6, 6.07) is 5.02.